The van der Waals surface area contributed by atoms with Crippen LogP contribution in [0.4, 0.5) is 0 Å². The summed E-state index contributed by atoms with van der Waals surface area (Å²) >= 11 is 0. The Bertz CT molecular complexity index is 1460. The summed E-state index contributed by atoms with van der Waals surface area (Å²) in [6.45, 7) is 30.6. The van der Waals surface area contributed by atoms with Crippen LogP contribution in [-0.2, 0) is 0 Å². The Hall–Kier alpha value is -3.40. The van der Waals surface area contributed by atoms with E-state index in [0.717, 1.165) is 45.0 Å². The van der Waals surface area contributed by atoms with Gasteiger partial charge >= 0.3 is 0 Å². The predicted octanol–water partition coefficient (Wildman–Crippen LogP) is 8.59. The van der Waals surface area contributed by atoms with Gasteiger partial charge in [-0.1, -0.05) is 0 Å². The third kappa shape index (κ3) is 3.97. The zero-order valence-corrected chi connectivity index (χ0v) is 25.8. The van der Waals surface area contributed by atoms with Gasteiger partial charge in [-0.05, 0) is 175 Å². The first-order valence-electron chi connectivity index (χ1n) is 13.5. The Labute approximate surface area is 229 Å². The molecule has 38 heavy (non-hydrogen) atoms. The van der Waals surface area contributed by atoms with Gasteiger partial charge in [0.15, 0.2) is 0 Å². The molecule has 0 unspecified atom stereocenters. The zero-order chi connectivity index (χ0) is 28.4. The van der Waals surface area contributed by atoms with Crippen LogP contribution in [0.2, 0.25) is 0 Å². The van der Waals surface area contributed by atoms with Crippen molar-refractivity contribution in [2.45, 2.75) is 96.9 Å². The van der Waals surface area contributed by atoms with E-state index in [4.69, 9.17) is 20.4 Å². The van der Waals surface area contributed by atoms with Gasteiger partial charge in [-0.25, -0.2) is 0 Å². The fourth-order valence-electron chi connectivity index (χ4n) is 5.85. The summed E-state index contributed by atoms with van der Waals surface area (Å²) in [6, 6.07) is 0. The average molecular weight is 507 g/mol. The minimum Gasteiger partial charge on any atom is -0.150 e. The summed E-state index contributed by atoms with van der Waals surface area (Å²) in [5.74, 6) is 0. The molecule has 0 atom stereocenters. The molecule has 2 heterocycles. The molecule has 4 rings (SSSR count). The van der Waals surface area contributed by atoms with Crippen LogP contribution in [0.5, 0.6) is 0 Å². The van der Waals surface area contributed by atoms with Gasteiger partial charge < -0.3 is 0 Å². The summed E-state index contributed by atoms with van der Waals surface area (Å²) in [4.78, 5) is 0. The van der Waals surface area contributed by atoms with Crippen LogP contribution in [-0.4, -0.2) is 20.4 Å². The van der Waals surface area contributed by atoms with Crippen LogP contribution in [0.15, 0.2) is 0 Å². The SMILES string of the molecule is Cc1c(-c2nnc(-c3c(C)c(C)c(C)c(C)c3C)c(C)c2C)nnc(-c2c(C)c(C)c(C)c(C)c2C)c1C. The van der Waals surface area contributed by atoms with E-state index >= 15 is 0 Å². The largest absolute Gasteiger partial charge is 0.150 e. The van der Waals surface area contributed by atoms with Crippen LogP contribution in [0.3, 0.4) is 0 Å². The number of hydrogen-bond donors (Lipinski definition) is 0. The van der Waals surface area contributed by atoms with E-state index in [1.165, 1.54) is 66.8 Å². The van der Waals surface area contributed by atoms with Crippen LogP contribution < -0.4 is 0 Å². The molecule has 0 radical (unpaired) electrons. The van der Waals surface area contributed by atoms with Gasteiger partial charge in [0.1, 0.15) is 11.4 Å². The van der Waals surface area contributed by atoms with Crippen molar-refractivity contribution in [3.8, 4) is 33.9 Å². The minimum absolute atomic E-state index is 0.812. The summed E-state index contributed by atoms with van der Waals surface area (Å²) in [6.07, 6.45) is 0. The molecule has 0 aliphatic heterocycles. The first kappa shape index (κ1) is 27.6. The highest BCUT2D eigenvalue weighted by Gasteiger charge is 2.23. The molecule has 0 saturated carbocycles. The van der Waals surface area contributed by atoms with Crippen LogP contribution in [0.1, 0.15) is 77.9 Å². The highest BCUT2D eigenvalue weighted by Crippen LogP contribution is 2.39. The van der Waals surface area contributed by atoms with Gasteiger partial charge in [0.05, 0.1) is 11.4 Å². The number of hydrogen-bond acceptors (Lipinski definition) is 4. The average Bonchev–Trinajstić information content (AvgIpc) is 2.89. The van der Waals surface area contributed by atoms with Crippen molar-refractivity contribution >= 4 is 0 Å². The lowest BCUT2D eigenvalue weighted by Gasteiger charge is -2.21. The van der Waals surface area contributed by atoms with Gasteiger partial charge in [-0.15, -0.1) is 20.4 Å². The molecule has 0 bridgehead atoms. The highest BCUT2D eigenvalue weighted by molar-refractivity contribution is 5.79. The van der Waals surface area contributed by atoms with E-state index in [1.54, 1.807) is 0 Å². The maximum atomic E-state index is 4.81. The molecule has 0 amide bonds. The fourth-order valence-corrected chi connectivity index (χ4v) is 5.85. The molecule has 0 saturated heterocycles. The van der Waals surface area contributed by atoms with E-state index in [1.807, 2.05) is 0 Å². The first-order valence-corrected chi connectivity index (χ1v) is 13.5. The van der Waals surface area contributed by atoms with Gasteiger partial charge in [-0.3, -0.25) is 0 Å². The van der Waals surface area contributed by atoms with Crippen molar-refractivity contribution in [1.82, 2.24) is 20.4 Å². The fraction of sp³-hybridized carbons (Fsp3) is 0.412. The van der Waals surface area contributed by atoms with E-state index < -0.39 is 0 Å². The summed E-state index contributed by atoms with van der Waals surface area (Å²) in [7, 11) is 0. The minimum atomic E-state index is 0.812. The third-order valence-electron chi connectivity index (χ3n) is 9.74. The topological polar surface area (TPSA) is 51.6 Å². The van der Waals surface area contributed by atoms with Gasteiger partial charge in [0, 0.05) is 11.1 Å². The predicted molar refractivity (Wildman–Crippen MR) is 160 cm³/mol. The maximum Gasteiger partial charge on any atom is 0.117 e. The highest BCUT2D eigenvalue weighted by atomic mass is 15.2. The molecule has 2 aromatic carbocycles. The smallest absolute Gasteiger partial charge is 0.117 e. The lowest BCUT2D eigenvalue weighted by Crippen LogP contribution is -2.08. The normalized spacial score (nSPS) is 11.4. The van der Waals surface area contributed by atoms with E-state index in [9.17, 15) is 0 Å². The quantitative estimate of drug-likeness (QED) is 0.279. The zero-order valence-electron chi connectivity index (χ0n) is 25.8. The molecule has 4 nitrogen and oxygen atoms in total. The maximum absolute atomic E-state index is 4.81. The van der Waals surface area contributed by atoms with Gasteiger partial charge in [-0.2, -0.15) is 0 Å². The van der Waals surface area contributed by atoms with Crippen LogP contribution >= 0.6 is 0 Å². The standard InChI is InChI=1S/C34H42N4/c1-15-17(3)21(7)29(22(8)18(15)4)31-25(11)27(13)33(37-35-31)34-28(14)26(12)32(36-38-34)30-23(9)19(5)16(2)20(6)24(30)10/h1-14H3. The number of benzene rings is 2. The van der Waals surface area contributed by atoms with Crippen molar-refractivity contribution in [1.29, 1.82) is 0 Å². The molecular weight excluding hydrogens is 464 g/mol. The van der Waals surface area contributed by atoms with Gasteiger partial charge in [0.2, 0.25) is 0 Å². The molecule has 0 N–H and O–H groups in total. The number of nitrogens with zero attached hydrogens (tertiary/aromatic N) is 4. The van der Waals surface area contributed by atoms with Crippen molar-refractivity contribution < 1.29 is 0 Å². The second-order valence-corrected chi connectivity index (χ2v) is 11.3. The molecule has 4 heteroatoms. The van der Waals surface area contributed by atoms with Gasteiger partial charge in [0.25, 0.3) is 0 Å². The monoisotopic (exact) mass is 506 g/mol. The van der Waals surface area contributed by atoms with E-state index in [-0.39, 0.29) is 0 Å². The molecule has 4 aromatic rings. The summed E-state index contributed by atoms with van der Waals surface area (Å²) in [5, 5.41) is 19.2. The van der Waals surface area contributed by atoms with Crippen LogP contribution in [0, 0.1) is 96.9 Å². The Balaban J connectivity index is 1.91. The molecule has 0 aliphatic carbocycles. The second kappa shape index (κ2) is 9.72. The lowest BCUT2D eigenvalue weighted by molar-refractivity contribution is 0.954. The Morgan fingerprint density at radius 1 is 0.211 bits per heavy atom. The molecule has 198 valence electrons. The van der Waals surface area contributed by atoms with Crippen molar-refractivity contribution in [3.63, 3.8) is 0 Å². The molecule has 2 aromatic heterocycles. The van der Waals surface area contributed by atoms with Crippen molar-refractivity contribution in [2.24, 2.45) is 0 Å². The summed E-state index contributed by atoms with van der Waals surface area (Å²) in [5.41, 5.74) is 23.6. The number of aromatic nitrogens is 4. The van der Waals surface area contributed by atoms with Crippen LogP contribution in [0.25, 0.3) is 33.9 Å². The van der Waals surface area contributed by atoms with Crippen molar-refractivity contribution in [3.05, 3.63) is 77.9 Å². The Morgan fingerprint density at radius 2 is 0.395 bits per heavy atom. The third-order valence-corrected chi connectivity index (χ3v) is 9.74. The van der Waals surface area contributed by atoms with E-state index in [0.29, 0.717) is 0 Å². The Morgan fingerprint density at radius 3 is 0.658 bits per heavy atom. The second-order valence-electron chi connectivity index (χ2n) is 11.3. The lowest BCUT2D eigenvalue weighted by atomic mass is 9.86. The van der Waals surface area contributed by atoms with Crippen molar-refractivity contribution in [2.75, 3.05) is 0 Å². The molecule has 0 spiro atoms. The Kier molecular flexibility index (Phi) is 7.07. The molecule has 0 aliphatic rings. The summed E-state index contributed by atoms with van der Waals surface area (Å²) < 4.78 is 0. The first-order chi connectivity index (χ1) is 17.7. The van der Waals surface area contributed by atoms with E-state index in [2.05, 4.69) is 96.9 Å². The number of rotatable bonds is 3. The molecular formula is C34H42N4. The molecule has 0 fully saturated rings.